The van der Waals surface area contributed by atoms with Crippen molar-refractivity contribution in [2.45, 2.75) is 13.8 Å². The molecule has 10 heavy (non-hydrogen) atoms. The van der Waals surface area contributed by atoms with E-state index in [0.29, 0.717) is 5.69 Å². The molecule has 0 atom stereocenters. The van der Waals surface area contributed by atoms with E-state index in [2.05, 4.69) is 0 Å². The highest BCUT2D eigenvalue weighted by atomic mass is 16.3. The Morgan fingerprint density at radius 3 is 2.40 bits per heavy atom. The van der Waals surface area contributed by atoms with Crippen LogP contribution in [0.2, 0.25) is 0 Å². The third kappa shape index (κ3) is 1.05. The summed E-state index contributed by atoms with van der Waals surface area (Å²) in [5.41, 5.74) is 7.94. The number of rotatable bonds is 0. The van der Waals surface area contributed by atoms with Crippen molar-refractivity contribution in [3.63, 3.8) is 0 Å². The third-order valence-corrected chi connectivity index (χ3v) is 1.51. The lowest BCUT2D eigenvalue weighted by molar-refractivity contribution is 0.477. The van der Waals surface area contributed by atoms with E-state index in [1.807, 2.05) is 19.9 Å². The van der Waals surface area contributed by atoms with Gasteiger partial charge in [0, 0.05) is 0 Å². The summed E-state index contributed by atoms with van der Waals surface area (Å²) in [6.45, 7) is 3.80. The van der Waals surface area contributed by atoms with Crippen molar-refractivity contribution in [2.24, 2.45) is 0 Å². The maximum Gasteiger partial charge on any atom is 0.138 e. The molecule has 0 aliphatic heterocycles. The monoisotopic (exact) mass is 137 g/mol. The van der Waals surface area contributed by atoms with Gasteiger partial charge in [-0.1, -0.05) is 6.07 Å². The molecule has 0 aromatic heterocycles. The van der Waals surface area contributed by atoms with E-state index < -0.39 is 0 Å². The molecule has 0 bridgehead atoms. The Morgan fingerprint density at radius 1 is 1.30 bits per heavy atom. The summed E-state index contributed by atoms with van der Waals surface area (Å²) in [6, 6.07) is 3.59. The summed E-state index contributed by atoms with van der Waals surface area (Å²) in [5.74, 6) is 0.178. The van der Waals surface area contributed by atoms with Crippen molar-refractivity contribution < 1.29 is 5.11 Å². The molecule has 0 amide bonds. The number of phenols is 1. The molecule has 0 aliphatic rings. The normalized spacial score (nSPS) is 9.80. The molecule has 1 rings (SSSR count). The second kappa shape index (κ2) is 2.21. The maximum atomic E-state index is 9.16. The number of nitrogens with two attached hydrogens (primary N) is 1. The zero-order valence-electron chi connectivity index (χ0n) is 6.18. The van der Waals surface area contributed by atoms with Crippen LogP contribution in [0.5, 0.6) is 5.75 Å². The molecule has 0 fully saturated rings. The van der Waals surface area contributed by atoms with Crippen molar-refractivity contribution in [1.29, 1.82) is 0 Å². The van der Waals surface area contributed by atoms with E-state index in [1.165, 1.54) is 0 Å². The van der Waals surface area contributed by atoms with Crippen LogP contribution in [0.4, 0.5) is 5.69 Å². The Labute approximate surface area is 60.3 Å². The number of aromatic hydroxyl groups is 1. The number of aryl methyl sites for hydroxylation is 2. The van der Waals surface area contributed by atoms with Gasteiger partial charge in [-0.2, -0.15) is 0 Å². The van der Waals surface area contributed by atoms with Gasteiger partial charge in [0.2, 0.25) is 0 Å². The molecule has 0 saturated carbocycles. The molecule has 0 aliphatic carbocycles. The summed E-state index contributed by atoms with van der Waals surface area (Å²) in [6.07, 6.45) is 0. The molecule has 0 spiro atoms. The zero-order valence-corrected chi connectivity index (χ0v) is 6.18. The van der Waals surface area contributed by atoms with E-state index in [4.69, 9.17) is 10.8 Å². The van der Waals surface area contributed by atoms with Gasteiger partial charge in [0.15, 0.2) is 0 Å². The minimum absolute atomic E-state index is 0.178. The molecule has 54 valence electrons. The summed E-state index contributed by atoms with van der Waals surface area (Å²) < 4.78 is 0. The van der Waals surface area contributed by atoms with Crippen molar-refractivity contribution in [3.8, 4) is 5.75 Å². The van der Waals surface area contributed by atoms with Crippen LogP contribution in [0.1, 0.15) is 11.1 Å². The maximum absolute atomic E-state index is 9.16. The van der Waals surface area contributed by atoms with Gasteiger partial charge in [0.1, 0.15) is 5.75 Å². The lowest BCUT2D eigenvalue weighted by Crippen LogP contribution is -1.90. The van der Waals surface area contributed by atoms with E-state index >= 15 is 0 Å². The standard InChI is InChI=1S/C8H11NO/c1-5-3-6(2)8(9)7(10)4-5/h3-4,10H,9H2,1-2H3. The highest BCUT2D eigenvalue weighted by molar-refractivity contribution is 5.58. The van der Waals surface area contributed by atoms with Gasteiger partial charge in [-0.3, -0.25) is 0 Å². The fourth-order valence-corrected chi connectivity index (χ4v) is 0.956. The largest absolute Gasteiger partial charge is 0.506 e. The first-order chi connectivity index (χ1) is 4.61. The van der Waals surface area contributed by atoms with E-state index in [0.717, 1.165) is 11.1 Å². The summed E-state index contributed by atoms with van der Waals surface area (Å²) in [5, 5.41) is 9.16. The van der Waals surface area contributed by atoms with Gasteiger partial charge in [0.05, 0.1) is 5.69 Å². The number of nitrogen functional groups attached to an aromatic ring is 1. The predicted octanol–water partition coefficient (Wildman–Crippen LogP) is 1.59. The molecule has 3 N–H and O–H groups in total. The van der Waals surface area contributed by atoms with Crippen LogP contribution < -0.4 is 5.73 Å². The van der Waals surface area contributed by atoms with E-state index in [1.54, 1.807) is 6.07 Å². The molecule has 0 unspecified atom stereocenters. The van der Waals surface area contributed by atoms with E-state index in [-0.39, 0.29) is 5.75 Å². The molecule has 0 saturated heterocycles. The van der Waals surface area contributed by atoms with Crippen molar-refractivity contribution in [1.82, 2.24) is 0 Å². The fourth-order valence-electron chi connectivity index (χ4n) is 0.956. The molecule has 2 nitrogen and oxygen atoms in total. The lowest BCUT2D eigenvalue weighted by Gasteiger charge is -2.03. The topological polar surface area (TPSA) is 46.2 Å². The highest BCUT2D eigenvalue weighted by Crippen LogP contribution is 2.24. The average Bonchev–Trinajstić information content (AvgIpc) is 1.82. The first-order valence-electron chi connectivity index (χ1n) is 3.17. The van der Waals surface area contributed by atoms with Gasteiger partial charge in [-0.15, -0.1) is 0 Å². The van der Waals surface area contributed by atoms with Crippen LogP contribution in [-0.2, 0) is 0 Å². The van der Waals surface area contributed by atoms with Crippen LogP contribution >= 0.6 is 0 Å². The van der Waals surface area contributed by atoms with E-state index in [9.17, 15) is 0 Å². The Morgan fingerprint density at radius 2 is 1.90 bits per heavy atom. The van der Waals surface area contributed by atoms with Crippen LogP contribution in [0.25, 0.3) is 0 Å². The van der Waals surface area contributed by atoms with Gasteiger partial charge in [0.25, 0.3) is 0 Å². The smallest absolute Gasteiger partial charge is 0.138 e. The molecular weight excluding hydrogens is 126 g/mol. The fraction of sp³-hybridized carbons (Fsp3) is 0.250. The Bertz CT molecular complexity index is 232. The number of phenolic OH excluding ortho intramolecular Hbond substituents is 1. The average molecular weight is 137 g/mol. The highest BCUT2D eigenvalue weighted by Gasteiger charge is 1.99. The van der Waals surface area contributed by atoms with Crippen LogP contribution in [-0.4, -0.2) is 5.11 Å². The van der Waals surface area contributed by atoms with Crippen molar-refractivity contribution >= 4 is 5.69 Å². The number of hydrogen-bond donors (Lipinski definition) is 2. The molecule has 2 heteroatoms. The molecule has 0 heterocycles. The number of benzene rings is 1. The Kier molecular flexibility index (Phi) is 1.53. The van der Waals surface area contributed by atoms with Gasteiger partial charge < -0.3 is 10.8 Å². The molecule has 0 radical (unpaired) electrons. The quantitative estimate of drug-likeness (QED) is 0.421. The molecular formula is C8H11NO. The SMILES string of the molecule is Cc1cc(C)c(N)c(O)c1. The van der Waals surface area contributed by atoms with Gasteiger partial charge in [-0.05, 0) is 31.0 Å². The van der Waals surface area contributed by atoms with Gasteiger partial charge in [-0.25, -0.2) is 0 Å². The second-order valence-electron chi connectivity index (χ2n) is 2.51. The molecule has 1 aromatic carbocycles. The van der Waals surface area contributed by atoms with Crippen LogP contribution in [0.15, 0.2) is 12.1 Å². The lowest BCUT2D eigenvalue weighted by atomic mass is 10.1. The Hall–Kier alpha value is -1.18. The van der Waals surface area contributed by atoms with Crippen LogP contribution in [0.3, 0.4) is 0 Å². The minimum Gasteiger partial charge on any atom is -0.506 e. The first kappa shape index (κ1) is 6.93. The van der Waals surface area contributed by atoms with Gasteiger partial charge >= 0.3 is 0 Å². The zero-order chi connectivity index (χ0) is 7.72. The number of hydrogen-bond acceptors (Lipinski definition) is 2. The minimum atomic E-state index is 0.178. The third-order valence-electron chi connectivity index (χ3n) is 1.51. The summed E-state index contributed by atoms with van der Waals surface area (Å²) >= 11 is 0. The summed E-state index contributed by atoms with van der Waals surface area (Å²) in [7, 11) is 0. The number of anilines is 1. The Balaban J connectivity index is 3.31. The van der Waals surface area contributed by atoms with Crippen molar-refractivity contribution in [2.75, 3.05) is 5.73 Å². The first-order valence-corrected chi connectivity index (χ1v) is 3.17. The molecule has 1 aromatic rings. The summed E-state index contributed by atoms with van der Waals surface area (Å²) in [4.78, 5) is 0. The van der Waals surface area contributed by atoms with Crippen LogP contribution in [0, 0.1) is 13.8 Å². The second-order valence-corrected chi connectivity index (χ2v) is 2.51. The van der Waals surface area contributed by atoms with Crippen molar-refractivity contribution in [3.05, 3.63) is 23.3 Å². The predicted molar refractivity (Wildman–Crippen MR) is 42.0 cm³/mol.